The number of ketones is 1. The topological polar surface area (TPSA) is 38.1 Å². The van der Waals surface area contributed by atoms with Gasteiger partial charge < -0.3 is 4.90 Å². The predicted octanol–water partition coefficient (Wildman–Crippen LogP) is 3.23. The fourth-order valence-corrected chi connectivity index (χ4v) is 2.61. The van der Waals surface area contributed by atoms with Crippen LogP contribution in [0.1, 0.15) is 16.1 Å². The van der Waals surface area contributed by atoms with Crippen LogP contribution in [-0.2, 0) is 6.54 Å². The second-order valence-corrected chi connectivity index (χ2v) is 6.05. The minimum atomic E-state index is -0.639. The average molecular weight is 375 g/mol. The van der Waals surface area contributed by atoms with E-state index in [1.165, 1.54) is 24.4 Å². The van der Waals surface area contributed by atoms with Crippen LogP contribution in [0.2, 0.25) is 5.02 Å². The molecule has 0 saturated carbocycles. The van der Waals surface area contributed by atoms with Gasteiger partial charge in [0.1, 0.15) is 11.5 Å². The molecule has 0 spiro atoms. The SMILES string of the molecule is CN(C)CCn1ncc(Br)c1C(=O)c1c(F)cccc1Cl. The van der Waals surface area contributed by atoms with Gasteiger partial charge in [-0.05, 0) is 42.2 Å². The van der Waals surface area contributed by atoms with Gasteiger partial charge in [0.15, 0.2) is 0 Å². The molecule has 1 aromatic carbocycles. The summed E-state index contributed by atoms with van der Waals surface area (Å²) in [5, 5.41) is 4.24. The summed E-state index contributed by atoms with van der Waals surface area (Å²) in [6, 6.07) is 4.17. The van der Waals surface area contributed by atoms with Crippen molar-refractivity contribution in [2.24, 2.45) is 0 Å². The van der Waals surface area contributed by atoms with Gasteiger partial charge in [-0.3, -0.25) is 9.48 Å². The van der Waals surface area contributed by atoms with Crippen molar-refractivity contribution in [1.82, 2.24) is 14.7 Å². The Balaban J connectivity index is 2.42. The Labute approximate surface area is 135 Å². The van der Waals surface area contributed by atoms with E-state index in [-0.39, 0.29) is 10.6 Å². The van der Waals surface area contributed by atoms with Crippen molar-refractivity contribution in [3.8, 4) is 0 Å². The Bertz CT molecular complexity index is 652. The number of hydrogen-bond donors (Lipinski definition) is 0. The predicted molar refractivity (Wildman–Crippen MR) is 83.3 cm³/mol. The summed E-state index contributed by atoms with van der Waals surface area (Å²) in [6.07, 6.45) is 1.53. The number of rotatable bonds is 5. The summed E-state index contributed by atoms with van der Waals surface area (Å²) in [5.41, 5.74) is 0.162. The van der Waals surface area contributed by atoms with E-state index in [0.717, 1.165) is 0 Å². The zero-order valence-corrected chi connectivity index (χ0v) is 13.9. The summed E-state index contributed by atoms with van der Waals surface area (Å²) in [5.74, 6) is -1.12. The summed E-state index contributed by atoms with van der Waals surface area (Å²) in [7, 11) is 3.85. The summed E-state index contributed by atoms with van der Waals surface area (Å²) in [4.78, 5) is 14.6. The van der Waals surface area contributed by atoms with Crippen molar-refractivity contribution >= 4 is 33.3 Å². The lowest BCUT2D eigenvalue weighted by molar-refractivity contribution is 0.102. The van der Waals surface area contributed by atoms with Crippen LogP contribution in [0.25, 0.3) is 0 Å². The zero-order chi connectivity index (χ0) is 15.6. The number of carbonyl (C=O) groups is 1. The van der Waals surface area contributed by atoms with Crippen molar-refractivity contribution in [2.75, 3.05) is 20.6 Å². The van der Waals surface area contributed by atoms with Crippen LogP contribution in [0.3, 0.4) is 0 Å². The Hall–Kier alpha value is -1.24. The van der Waals surface area contributed by atoms with E-state index in [4.69, 9.17) is 11.6 Å². The highest BCUT2D eigenvalue weighted by Crippen LogP contribution is 2.26. The number of halogens is 3. The van der Waals surface area contributed by atoms with Gasteiger partial charge in [-0.15, -0.1) is 0 Å². The molecule has 4 nitrogen and oxygen atoms in total. The molecule has 0 saturated heterocycles. The van der Waals surface area contributed by atoms with Gasteiger partial charge >= 0.3 is 0 Å². The number of nitrogens with zero attached hydrogens (tertiary/aromatic N) is 3. The van der Waals surface area contributed by atoms with Crippen molar-refractivity contribution in [1.29, 1.82) is 0 Å². The lowest BCUT2D eigenvalue weighted by Crippen LogP contribution is -2.22. The zero-order valence-electron chi connectivity index (χ0n) is 11.6. The number of likely N-dealkylation sites (N-methyl/N-ethyl adjacent to an activating group) is 1. The van der Waals surface area contributed by atoms with Crippen molar-refractivity contribution < 1.29 is 9.18 Å². The van der Waals surface area contributed by atoms with Crippen molar-refractivity contribution in [3.63, 3.8) is 0 Å². The molecule has 0 fully saturated rings. The van der Waals surface area contributed by atoms with E-state index in [1.807, 2.05) is 19.0 Å². The third kappa shape index (κ3) is 3.51. The van der Waals surface area contributed by atoms with Gasteiger partial charge in [-0.1, -0.05) is 17.7 Å². The molecular formula is C14H14BrClFN3O. The first-order chi connectivity index (χ1) is 9.91. The molecule has 0 aliphatic carbocycles. The molecule has 1 aromatic heterocycles. The fourth-order valence-electron chi connectivity index (χ4n) is 1.89. The van der Waals surface area contributed by atoms with Crippen molar-refractivity contribution in [2.45, 2.75) is 6.54 Å². The molecule has 2 aromatic rings. The minimum absolute atomic E-state index is 0.0901. The molecule has 7 heteroatoms. The molecule has 0 aliphatic rings. The first-order valence-electron chi connectivity index (χ1n) is 6.26. The molecule has 112 valence electrons. The molecule has 0 amide bonds. The van der Waals surface area contributed by atoms with Crippen LogP contribution in [0.5, 0.6) is 0 Å². The molecule has 2 rings (SSSR count). The lowest BCUT2D eigenvalue weighted by Gasteiger charge is -2.12. The highest BCUT2D eigenvalue weighted by Gasteiger charge is 2.24. The Morgan fingerprint density at radius 1 is 1.48 bits per heavy atom. The molecule has 0 unspecified atom stereocenters. The maximum Gasteiger partial charge on any atom is 0.216 e. The van der Waals surface area contributed by atoms with Gasteiger partial charge in [-0.25, -0.2) is 4.39 Å². The molecule has 0 aliphatic heterocycles. The summed E-state index contributed by atoms with van der Waals surface area (Å²) >= 11 is 9.25. The van der Waals surface area contributed by atoms with Crippen LogP contribution in [0.15, 0.2) is 28.9 Å². The minimum Gasteiger partial charge on any atom is -0.308 e. The lowest BCUT2D eigenvalue weighted by atomic mass is 10.1. The van der Waals surface area contributed by atoms with Gasteiger partial charge in [-0.2, -0.15) is 5.10 Å². The molecule has 1 heterocycles. The molecule has 0 radical (unpaired) electrons. The molecule has 0 bridgehead atoms. The number of aromatic nitrogens is 2. The highest BCUT2D eigenvalue weighted by molar-refractivity contribution is 9.10. The van der Waals surface area contributed by atoms with Gasteiger partial charge in [0.05, 0.1) is 27.8 Å². The van der Waals surface area contributed by atoms with Crippen LogP contribution in [0, 0.1) is 5.82 Å². The van der Waals surface area contributed by atoms with Gasteiger partial charge in [0, 0.05) is 6.54 Å². The maximum atomic E-state index is 13.9. The monoisotopic (exact) mass is 373 g/mol. The van der Waals surface area contributed by atoms with Gasteiger partial charge in [0.25, 0.3) is 0 Å². The van der Waals surface area contributed by atoms with E-state index in [0.29, 0.717) is 23.3 Å². The molecule has 0 atom stereocenters. The quantitative estimate of drug-likeness (QED) is 0.754. The van der Waals surface area contributed by atoms with E-state index in [2.05, 4.69) is 21.0 Å². The van der Waals surface area contributed by atoms with E-state index < -0.39 is 11.6 Å². The van der Waals surface area contributed by atoms with E-state index in [9.17, 15) is 9.18 Å². The normalized spacial score (nSPS) is 11.1. The Morgan fingerprint density at radius 2 is 2.19 bits per heavy atom. The maximum absolute atomic E-state index is 13.9. The second-order valence-electron chi connectivity index (χ2n) is 4.79. The Morgan fingerprint density at radius 3 is 2.81 bits per heavy atom. The summed E-state index contributed by atoms with van der Waals surface area (Å²) in [6.45, 7) is 1.23. The first kappa shape index (κ1) is 16.1. The highest BCUT2D eigenvalue weighted by atomic mass is 79.9. The molecule has 0 N–H and O–H groups in total. The van der Waals surface area contributed by atoms with Crippen LogP contribution >= 0.6 is 27.5 Å². The second kappa shape index (κ2) is 6.68. The van der Waals surface area contributed by atoms with E-state index in [1.54, 1.807) is 4.68 Å². The number of carbonyl (C=O) groups excluding carboxylic acids is 1. The standard InChI is InChI=1S/C14H14BrClFN3O/c1-19(2)6-7-20-13(9(15)8-18-20)14(21)12-10(16)4-3-5-11(12)17/h3-5,8H,6-7H2,1-2H3. The number of hydrogen-bond acceptors (Lipinski definition) is 3. The third-order valence-corrected chi connectivity index (χ3v) is 3.85. The van der Waals surface area contributed by atoms with Crippen molar-refractivity contribution in [3.05, 3.63) is 51.0 Å². The van der Waals surface area contributed by atoms with Crippen LogP contribution in [0.4, 0.5) is 4.39 Å². The van der Waals surface area contributed by atoms with Crippen LogP contribution < -0.4 is 0 Å². The smallest absolute Gasteiger partial charge is 0.216 e. The third-order valence-electron chi connectivity index (χ3n) is 2.96. The first-order valence-corrected chi connectivity index (χ1v) is 7.43. The summed E-state index contributed by atoms with van der Waals surface area (Å²) < 4.78 is 16.0. The Kier molecular flexibility index (Phi) is 5.13. The number of benzene rings is 1. The fraction of sp³-hybridized carbons (Fsp3) is 0.286. The average Bonchev–Trinajstić information content (AvgIpc) is 2.77. The van der Waals surface area contributed by atoms with Gasteiger partial charge in [0.2, 0.25) is 5.78 Å². The van der Waals surface area contributed by atoms with E-state index >= 15 is 0 Å². The largest absolute Gasteiger partial charge is 0.308 e. The van der Waals surface area contributed by atoms with Crippen LogP contribution in [-0.4, -0.2) is 41.1 Å². The molecule has 21 heavy (non-hydrogen) atoms. The molecular weight excluding hydrogens is 361 g/mol.